The lowest BCUT2D eigenvalue weighted by molar-refractivity contribution is -0.0901. The van der Waals surface area contributed by atoms with Crippen LogP contribution in [-0.4, -0.2) is 74.9 Å². The van der Waals surface area contributed by atoms with Crippen molar-refractivity contribution in [2.75, 3.05) is 38.5 Å². The average molecular weight is 532 g/mol. The molecule has 0 amide bonds. The summed E-state index contributed by atoms with van der Waals surface area (Å²) >= 11 is 0. The van der Waals surface area contributed by atoms with Gasteiger partial charge in [0.1, 0.15) is 5.75 Å². The molecule has 6 rings (SSSR count). The number of rotatable bonds is 8. The summed E-state index contributed by atoms with van der Waals surface area (Å²) in [6.07, 6.45) is 12.1. The highest BCUT2D eigenvalue weighted by Crippen LogP contribution is 2.36. The maximum absolute atomic E-state index is 10.2. The van der Waals surface area contributed by atoms with Crippen molar-refractivity contribution in [1.82, 2.24) is 30.2 Å². The Labute approximate surface area is 230 Å². The molecule has 1 aliphatic carbocycles. The molecule has 0 spiro atoms. The lowest BCUT2D eigenvalue weighted by Gasteiger charge is -2.42. The third-order valence-corrected chi connectivity index (χ3v) is 9.03. The van der Waals surface area contributed by atoms with Crippen LogP contribution in [0.25, 0.3) is 22.4 Å². The normalized spacial score (nSPS) is 23.9. The predicted octanol–water partition coefficient (Wildman–Crippen LogP) is 4.12. The second kappa shape index (κ2) is 11.6. The van der Waals surface area contributed by atoms with E-state index in [0.29, 0.717) is 41.2 Å². The quantitative estimate of drug-likeness (QED) is 0.398. The number of phenolic OH excluding ortho intramolecular Hbond substituents is 1. The van der Waals surface area contributed by atoms with Crippen LogP contribution in [0.15, 0.2) is 42.7 Å². The zero-order valence-corrected chi connectivity index (χ0v) is 22.9. The maximum atomic E-state index is 10.2. The summed E-state index contributed by atoms with van der Waals surface area (Å²) in [6.45, 7) is 8.00. The first-order valence-corrected chi connectivity index (χ1v) is 14.6. The standard InChI is InChI=1S/C30H41N7O2/c1-20(22-8-12-36(13-9-22)18-21-14-25(15-21)39-24-6-10-32-11-7-24)37-19-23(17-33-37)27-16-28(34-35-30(27)31)26-4-2-3-5-29(26)38/h2-5,16-17,19-22,24-25,32,38H,6-15,18H2,1H3,(H2,31,35)/t20?,21-,25+. The maximum Gasteiger partial charge on any atom is 0.154 e. The minimum absolute atomic E-state index is 0.167. The molecule has 208 valence electrons. The molecule has 2 aromatic heterocycles. The SMILES string of the molecule is CC(C1CCN(C[C@H]2C[C@@H](OC3CCNCC3)C2)CC1)n1cc(-c2cc(-c3ccccc3O)nnc2N)cn1. The molecule has 1 saturated carbocycles. The van der Waals surface area contributed by atoms with Crippen LogP contribution in [0.5, 0.6) is 5.75 Å². The first-order chi connectivity index (χ1) is 19.0. The van der Waals surface area contributed by atoms with Gasteiger partial charge in [0.2, 0.25) is 0 Å². The molecule has 2 aliphatic heterocycles. The number of nitrogens with two attached hydrogens (primary N) is 1. The Hall–Kier alpha value is -3.01. The van der Waals surface area contributed by atoms with Crippen molar-refractivity contribution in [3.63, 3.8) is 0 Å². The Morgan fingerprint density at radius 2 is 1.82 bits per heavy atom. The highest BCUT2D eigenvalue weighted by molar-refractivity contribution is 5.78. The molecule has 3 aliphatic rings. The van der Waals surface area contributed by atoms with Crippen LogP contribution < -0.4 is 11.1 Å². The van der Waals surface area contributed by atoms with E-state index in [1.165, 1.54) is 32.2 Å². The number of likely N-dealkylation sites (tertiary alicyclic amines) is 1. The van der Waals surface area contributed by atoms with E-state index in [1.807, 2.05) is 24.4 Å². The molecular formula is C30H41N7O2. The van der Waals surface area contributed by atoms with Crippen molar-refractivity contribution < 1.29 is 9.84 Å². The van der Waals surface area contributed by atoms with Crippen LogP contribution in [-0.2, 0) is 4.74 Å². The zero-order chi connectivity index (χ0) is 26.8. The number of aromatic nitrogens is 4. The van der Waals surface area contributed by atoms with Crippen molar-refractivity contribution in [1.29, 1.82) is 0 Å². The van der Waals surface area contributed by atoms with Crippen molar-refractivity contribution in [2.45, 2.75) is 63.7 Å². The average Bonchev–Trinajstić information content (AvgIpc) is 3.43. The highest BCUT2D eigenvalue weighted by Gasteiger charge is 2.34. The molecule has 1 atom stereocenters. The number of para-hydroxylation sites is 1. The Morgan fingerprint density at radius 1 is 1.05 bits per heavy atom. The second-order valence-electron chi connectivity index (χ2n) is 11.7. The number of ether oxygens (including phenoxy) is 1. The molecule has 1 unspecified atom stereocenters. The van der Waals surface area contributed by atoms with E-state index in [4.69, 9.17) is 15.6 Å². The number of phenols is 1. The number of nitrogens with one attached hydrogen (secondary N) is 1. The molecule has 4 heterocycles. The number of aromatic hydroxyl groups is 1. The molecule has 3 fully saturated rings. The Kier molecular flexibility index (Phi) is 7.81. The van der Waals surface area contributed by atoms with Crippen molar-refractivity contribution >= 4 is 5.82 Å². The molecule has 2 saturated heterocycles. The van der Waals surface area contributed by atoms with E-state index in [1.54, 1.807) is 12.1 Å². The fourth-order valence-electron chi connectivity index (χ4n) is 6.49. The van der Waals surface area contributed by atoms with E-state index in [-0.39, 0.29) is 5.75 Å². The van der Waals surface area contributed by atoms with Gasteiger partial charge in [0.25, 0.3) is 0 Å². The number of nitrogens with zero attached hydrogens (tertiary/aromatic N) is 5. The molecule has 9 heteroatoms. The van der Waals surface area contributed by atoms with Gasteiger partial charge in [0, 0.05) is 29.4 Å². The lowest BCUT2D eigenvalue weighted by Crippen LogP contribution is -2.45. The van der Waals surface area contributed by atoms with Crippen LogP contribution in [0.2, 0.25) is 0 Å². The van der Waals surface area contributed by atoms with Crippen molar-refractivity contribution in [2.24, 2.45) is 11.8 Å². The van der Waals surface area contributed by atoms with Gasteiger partial charge in [-0.3, -0.25) is 4.68 Å². The van der Waals surface area contributed by atoms with Gasteiger partial charge in [-0.1, -0.05) is 12.1 Å². The second-order valence-corrected chi connectivity index (χ2v) is 11.7. The van der Waals surface area contributed by atoms with Gasteiger partial charge < -0.3 is 25.8 Å². The number of anilines is 1. The molecule has 9 nitrogen and oxygen atoms in total. The third kappa shape index (κ3) is 5.95. The zero-order valence-electron chi connectivity index (χ0n) is 22.9. The van der Waals surface area contributed by atoms with Crippen molar-refractivity contribution in [3.05, 3.63) is 42.7 Å². The number of hydrogen-bond acceptors (Lipinski definition) is 8. The summed E-state index contributed by atoms with van der Waals surface area (Å²) in [4.78, 5) is 2.66. The minimum Gasteiger partial charge on any atom is -0.507 e. The molecular weight excluding hydrogens is 490 g/mol. The topological polar surface area (TPSA) is 114 Å². The summed E-state index contributed by atoms with van der Waals surface area (Å²) in [7, 11) is 0. The fourth-order valence-corrected chi connectivity index (χ4v) is 6.49. The summed E-state index contributed by atoms with van der Waals surface area (Å²) in [5.74, 6) is 1.91. The van der Waals surface area contributed by atoms with Gasteiger partial charge in [-0.2, -0.15) is 5.10 Å². The van der Waals surface area contributed by atoms with Crippen molar-refractivity contribution in [3.8, 4) is 28.1 Å². The summed E-state index contributed by atoms with van der Waals surface area (Å²) in [6, 6.07) is 9.31. The minimum atomic E-state index is 0.167. The van der Waals surface area contributed by atoms with Crippen LogP contribution in [0.4, 0.5) is 5.82 Å². The first-order valence-electron chi connectivity index (χ1n) is 14.6. The Bertz CT molecular complexity index is 1240. The van der Waals surface area contributed by atoms with Gasteiger partial charge in [0.15, 0.2) is 5.82 Å². The Morgan fingerprint density at radius 3 is 2.59 bits per heavy atom. The van der Waals surface area contributed by atoms with Gasteiger partial charge in [0.05, 0.1) is 30.1 Å². The van der Waals surface area contributed by atoms with Gasteiger partial charge >= 0.3 is 0 Å². The monoisotopic (exact) mass is 531 g/mol. The fraction of sp³-hybridized carbons (Fsp3) is 0.567. The highest BCUT2D eigenvalue weighted by atomic mass is 16.5. The van der Waals surface area contributed by atoms with E-state index >= 15 is 0 Å². The third-order valence-electron chi connectivity index (χ3n) is 9.03. The first kappa shape index (κ1) is 26.2. The summed E-state index contributed by atoms with van der Waals surface area (Å²) < 4.78 is 8.40. The van der Waals surface area contributed by atoms with Crippen LogP contribution >= 0.6 is 0 Å². The van der Waals surface area contributed by atoms with Gasteiger partial charge in [-0.15, -0.1) is 10.2 Å². The van der Waals surface area contributed by atoms with Crippen LogP contribution in [0.1, 0.15) is 51.5 Å². The van der Waals surface area contributed by atoms with E-state index in [2.05, 4.69) is 38.2 Å². The van der Waals surface area contributed by atoms with Crippen LogP contribution in [0.3, 0.4) is 0 Å². The molecule has 1 aromatic carbocycles. The Balaban J connectivity index is 1.01. The summed E-state index contributed by atoms with van der Waals surface area (Å²) in [5, 5.41) is 26.7. The van der Waals surface area contributed by atoms with Gasteiger partial charge in [-0.05, 0) is 102 Å². The molecule has 0 bridgehead atoms. The van der Waals surface area contributed by atoms with Crippen LogP contribution in [0, 0.1) is 11.8 Å². The molecule has 4 N–H and O–H groups in total. The number of hydrogen-bond donors (Lipinski definition) is 3. The molecule has 3 aromatic rings. The van der Waals surface area contributed by atoms with E-state index in [9.17, 15) is 5.11 Å². The van der Waals surface area contributed by atoms with Gasteiger partial charge in [-0.25, -0.2) is 0 Å². The number of piperidine rings is 2. The largest absolute Gasteiger partial charge is 0.507 e. The van der Waals surface area contributed by atoms with E-state index in [0.717, 1.165) is 56.1 Å². The molecule has 0 radical (unpaired) electrons. The number of nitrogen functional groups attached to an aromatic ring is 1. The molecule has 39 heavy (non-hydrogen) atoms. The predicted molar refractivity (Wildman–Crippen MR) is 152 cm³/mol. The summed E-state index contributed by atoms with van der Waals surface area (Å²) in [5.41, 5.74) is 9.11. The van der Waals surface area contributed by atoms with E-state index < -0.39 is 0 Å². The lowest BCUT2D eigenvalue weighted by atomic mass is 9.81. The smallest absolute Gasteiger partial charge is 0.154 e. The number of benzene rings is 1.